The quantitative estimate of drug-likeness (QED) is 0.824. The van der Waals surface area contributed by atoms with Crippen LogP contribution in [0.3, 0.4) is 0 Å². The van der Waals surface area contributed by atoms with Gasteiger partial charge in [-0.15, -0.1) is 0 Å². The Balaban J connectivity index is 1.75. The summed E-state index contributed by atoms with van der Waals surface area (Å²) in [7, 11) is 0. The Morgan fingerprint density at radius 1 is 1.10 bits per heavy atom. The zero-order chi connectivity index (χ0) is 14.7. The number of nitrogens with one attached hydrogen (secondary N) is 1. The third-order valence-corrected chi connectivity index (χ3v) is 5.06. The van der Waals surface area contributed by atoms with Crippen LogP contribution in [-0.4, -0.2) is 11.2 Å². The van der Waals surface area contributed by atoms with Gasteiger partial charge in [-0.2, -0.15) is 0 Å². The Kier molecular flexibility index (Phi) is 4.11. The lowest BCUT2D eigenvalue weighted by Crippen LogP contribution is -2.36. The number of benzene rings is 2. The molecule has 2 nitrogen and oxygen atoms in total. The van der Waals surface area contributed by atoms with E-state index in [1.165, 1.54) is 0 Å². The van der Waals surface area contributed by atoms with Crippen LogP contribution < -0.4 is 5.32 Å². The molecule has 0 heterocycles. The maximum absolute atomic E-state index is 12.7. The highest BCUT2D eigenvalue weighted by Crippen LogP contribution is 2.55. The van der Waals surface area contributed by atoms with Crippen molar-refractivity contribution in [3.63, 3.8) is 0 Å². The van der Waals surface area contributed by atoms with Gasteiger partial charge in [0.2, 0.25) is 5.91 Å². The van der Waals surface area contributed by atoms with Crippen LogP contribution in [0, 0.1) is 5.92 Å². The highest BCUT2D eigenvalue weighted by atomic mass is 79.9. The van der Waals surface area contributed by atoms with Crippen LogP contribution in [0.5, 0.6) is 0 Å². The van der Waals surface area contributed by atoms with E-state index in [4.69, 9.17) is 0 Å². The van der Waals surface area contributed by atoms with Gasteiger partial charge in [-0.3, -0.25) is 4.79 Å². The number of carbonyl (C=O) groups excluding carboxylic acids is 1. The number of hydrogen-bond donors (Lipinski definition) is 1. The fraction of sp³-hybridized carbons (Fsp3) is 0.278. The first-order valence-electron chi connectivity index (χ1n) is 7.21. The molecule has 108 valence electrons. The van der Waals surface area contributed by atoms with Crippen LogP contribution in [0.25, 0.3) is 0 Å². The Morgan fingerprint density at radius 2 is 1.71 bits per heavy atom. The first-order valence-corrected chi connectivity index (χ1v) is 8.33. The second-order valence-corrected chi connectivity index (χ2v) is 6.21. The standard InChI is InChI=1S/C18H18BrNO/c19-12-16-11-18(16,15-9-5-2-6-10-15)17(21)20-13-14-7-3-1-4-8-14/h1-10,16H,11-13H2,(H,20,21)/t16-,18+/m0/s1. The summed E-state index contributed by atoms with van der Waals surface area (Å²) in [5.41, 5.74) is 1.91. The molecule has 0 aromatic heterocycles. The van der Waals surface area contributed by atoms with Crippen molar-refractivity contribution in [2.45, 2.75) is 18.4 Å². The molecular weight excluding hydrogens is 326 g/mol. The molecule has 1 saturated carbocycles. The molecule has 0 radical (unpaired) electrons. The van der Waals surface area contributed by atoms with E-state index in [1.54, 1.807) is 0 Å². The minimum absolute atomic E-state index is 0.141. The first-order chi connectivity index (χ1) is 10.3. The molecule has 3 heteroatoms. The van der Waals surface area contributed by atoms with Gasteiger partial charge in [0.25, 0.3) is 0 Å². The molecule has 21 heavy (non-hydrogen) atoms. The molecule has 3 rings (SSSR count). The van der Waals surface area contributed by atoms with E-state index in [0.717, 1.165) is 22.9 Å². The van der Waals surface area contributed by atoms with Crippen LogP contribution in [0.4, 0.5) is 0 Å². The fourth-order valence-corrected chi connectivity index (χ4v) is 3.73. The maximum Gasteiger partial charge on any atom is 0.231 e. The summed E-state index contributed by atoms with van der Waals surface area (Å²) >= 11 is 3.53. The van der Waals surface area contributed by atoms with Gasteiger partial charge in [-0.1, -0.05) is 76.6 Å². The number of alkyl halides is 1. The Hall–Kier alpha value is -1.61. The average molecular weight is 344 g/mol. The monoisotopic (exact) mass is 343 g/mol. The zero-order valence-corrected chi connectivity index (χ0v) is 13.3. The molecule has 1 aliphatic carbocycles. The van der Waals surface area contributed by atoms with E-state index in [0.29, 0.717) is 12.5 Å². The van der Waals surface area contributed by atoms with E-state index in [-0.39, 0.29) is 11.3 Å². The molecule has 0 saturated heterocycles. The molecule has 0 aliphatic heterocycles. The van der Waals surface area contributed by atoms with Gasteiger partial charge < -0.3 is 5.32 Å². The third-order valence-electron chi connectivity index (χ3n) is 4.28. The molecule has 2 atom stereocenters. The van der Waals surface area contributed by atoms with Gasteiger partial charge in [0.1, 0.15) is 0 Å². The number of carbonyl (C=O) groups is 1. The van der Waals surface area contributed by atoms with Gasteiger partial charge in [0.15, 0.2) is 0 Å². The van der Waals surface area contributed by atoms with Crippen molar-refractivity contribution < 1.29 is 4.79 Å². The zero-order valence-electron chi connectivity index (χ0n) is 11.8. The Labute approximate surface area is 133 Å². The van der Waals surface area contributed by atoms with Gasteiger partial charge in [0, 0.05) is 11.9 Å². The molecule has 0 bridgehead atoms. The van der Waals surface area contributed by atoms with Crippen LogP contribution in [0.2, 0.25) is 0 Å². The summed E-state index contributed by atoms with van der Waals surface area (Å²) in [6, 6.07) is 20.2. The Bertz CT molecular complexity index is 614. The summed E-state index contributed by atoms with van der Waals surface area (Å²) in [6.45, 7) is 0.587. The molecule has 2 aromatic rings. The summed E-state index contributed by atoms with van der Waals surface area (Å²) in [6.07, 6.45) is 0.920. The van der Waals surface area contributed by atoms with Gasteiger partial charge in [-0.25, -0.2) is 0 Å². The molecule has 2 aromatic carbocycles. The normalized spacial score (nSPS) is 23.6. The predicted octanol–water partition coefficient (Wildman–Crippen LogP) is 3.66. The van der Waals surface area contributed by atoms with Gasteiger partial charge in [0.05, 0.1) is 5.41 Å². The van der Waals surface area contributed by atoms with Crippen molar-refractivity contribution >= 4 is 21.8 Å². The SMILES string of the molecule is O=C(NCc1ccccc1)[C@@]1(c2ccccc2)C[C@H]1CBr. The molecule has 0 spiro atoms. The van der Waals surface area contributed by atoms with Crippen molar-refractivity contribution in [3.05, 3.63) is 71.8 Å². The van der Waals surface area contributed by atoms with E-state index >= 15 is 0 Å². The van der Waals surface area contributed by atoms with E-state index in [1.807, 2.05) is 48.5 Å². The smallest absolute Gasteiger partial charge is 0.231 e. The van der Waals surface area contributed by atoms with Crippen LogP contribution in [0.15, 0.2) is 60.7 Å². The van der Waals surface area contributed by atoms with Gasteiger partial charge >= 0.3 is 0 Å². The summed E-state index contributed by atoms with van der Waals surface area (Å²) < 4.78 is 0. The summed E-state index contributed by atoms with van der Waals surface area (Å²) in [4.78, 5) is 12.7. The summed E-state index contributed by atoms with van der Waals surface area (Å²) in [5, 5.41) is 3.97. The third kappa shape index (κ3) is 2.75. The van der Waals surface area contributed by atoms with Crippen LogP contribution >= 0.6 is 15.9 Å². The largest absolute Gasteiger partial charge is 0.351 e. The second-order valence-electron chi connectivity index (χ2n) is 5.56. The van der Waals surface area contributed by atoms with E-state index in [9.17, 15) is 4.79 Å². The minimum Gasteiger partial charge on any atom is -0.351 e. The number of hydrogen-bond acceptors (Lipinski definition) is 1. The van der Waals surface area contributed by atoms with Crippen molar-refractivity contribution in [2.24, 2.45) is 5.92 Å². The van der Waals surface area contributed by atoms with Crippen molar-refractivity contribution in [2.75, 3.05) is 5.33 Å². The highest BCUT2D eigenvalue weighted by molar-refractivity contribution is 9.09. The van der Waals surface area contributed by atoms with Crippen LogP contribution in [0.1, 0.15) is 17.5 Å². The number of amides is 1. The van der Waals surface area contributed by atoms with E-state index in [2.05, 4.69) is 33.4 Å². The molecule has 1 aliphatic rings. The second kappa shape index (κ2) is 6.02. The Morgan fingerprint density at radius 3 is 2.29 bits per heavy atom. The molecule has 1 N–H and O–H groups in total. The first kappa shape index (κ1) is 14.3. The lowest BCUT2D eigenvalue weighted by Gasteiger charge is -2.17. The van der Waals surface area contributed by atoms with Gasteiger partial charge in [-0.05, 0) is 23.5 Å². The topological polar surface area (TPSA) is 29.1 Å². The predicted molar refractivity (Wildman–Crippen MR) is 88.3 cm³/mol. The van der Waals surface area contributed by atoms with Crippen molar-refractivity contribution in [3.8, 4) is 0 Å². The number of halogens is 1. The molecular formula is C18H18BrNO. The lowest BCUT2D eigenvalue weighted by molar-refractivity contribution is -0.124. The minimum atomic E-state index is -0.348. The fourth-order valence-electron chi connectivity index (χ4n) is 2.95. The van der Waals surface area contributed by atoms with Crippen LogP contribution in [-0.2, 0) is 16.8 Å². The molecule has 1 fully saturated rings. The highest BCUT2D eigenvalue weighted by Gasteiger charge is 2.60. The number of rotatable bonds is 5. The van der Waals surface area contributed by atoms with Crippen molar-refractivity contribution in [1.29, 1.82) is 0 Å². The van der Waals surface area contributed by atoms with E-state index < -0.39 is 0 Å². The maximum atomic E-state index is 12.7. The van der Waals surface area contributed by atoms with Crippen molar-refractivity contribution in [1.82, 2.24) is 5.32 Å². The average Bonchev–Trinajstić information content (AvgIpc) is 3.30. The molecule has 0 unspecified atom stereocenters. The summed E-state index contributed by atoms with van der Waals surface area (Å²) in [5.74, 6) is 0.526. The lowest BCUT2D eigenvalue weighted by atomic mass is 9.92. The molecule has 1 amide bonds.